The summed E-state index contributed by atoms with van der Waals surface area (Å²) in [6.45, 7) is 6.58. The molecule has 2 aliphatic rings. The Labute approximate surface area is 183 Å². The van der Waals surface area contributed by atoms with Crippen LogP contribution in [0, 0.1) is 12.8 Å². The molecule has 0 bridgehead atoms. The van der Waals surface area contributed by atoms with Crippen LogP contribution in [0.15, 0.2) is 52.0 Å². The number of H-pyrrole nitrogens is 1. The summed E-state index contributed by atoms with van der Waals surface area (Å²) >= 11 is 3.38. The molecule has 8 heteroatoms. The monoisotopic (exact) mass is 470 g/mol. The number of anilines is 1. The van der Waals surface area contributed by atoms with E-state index in [1.54, 1.807) is 12.3 Å². The first-order valence-corrected chi connectivity index (χ1v) is 10.9. The number of fused-ring (bicyclic) bond motifs is 1. The van der Waals surface area contributed by atoms with Crippen molar-refractivity contribution in [2.75, 3.05) is 5.32 Å². The first-order chi connectivity index (χ1) is 14.4. The molecule has 156 valence electrons. The Kier molecular flexibility index (Phi) is 5.60. The number of aromatic amines is 1. The van der Waals surface area contributed by atoms with E-state index in [0.717, 1.165) is 40.1 Å². The third kappa shape index (κ3) is 3.71. The second-order valence-corrected chi connectivity index (χ2v) is 8.60. The molecule has 1 aliphatic heterocycles. The van der Waals surface area contributed by atoms with E-state index < -0.39 is 5.92 Å². The molecule has 0 aromatic carbocycles. The summed E-state index contributed by atoms with van der Waals surface area (Å²) < 4.78 is 2.75. The fourth-order valence-corrected chi connectivity index (χ4v) is 4.57. The van der Waals surface area contributed by atoms with Crippen LogP contribution in [-0.2, 0) is 16.1 Å². The number of nitrogens with zero attached hydrogens (tertiary/aromatic N) is 2. The van der Waals surface area contributed by atoms with Crippen LogP contribution in [0.5, 0.6) is 0 Å². The largest absolute Gasteiger partial charge is 0.362 e. The number of rotatable bonds is 4. The molecule has 0 fully saturated rings. The van der Waals surface area contributed by atoms with Gasteiger partial charge in [-0.05, 0) is 49.2 Å². The van der Waals surface area contributed by atoms with E-state index in [0.29, 0.717) is 17.8 Å². The van der Waals surface area contributed by atoms with Crippen molar-refractivity contribution in [2.45, 2.75) is 46.1 Å². The average Bonchev–Trinajstić information content (AvgIpc) is 3.09. The Bertz CT molecular complexity index is 1070. The molecular formula is C22H25BrN5O2+. The summed E-state index contributed by atoms with van der Waals surface area (Å²) in [4.78, 5) is 29.5. The second kappa shape index (κ2) is 8.18. The van der Waals surface area contributed by atoms with Crippen molar-refractivity contribution in [2.24, 2.45) is 5.92 Å². The maximum atomic E-state index is 13.4. The minimum absolute atomic E-state index is 0.154. The lowest BCUT2D eigenvalue weighted by Crippen LogP contribution is -2.42. The Morgan fingerprint density at radius 1 is 1.37 bits per heavy atom. The zero-order valence-corrected chi connectivity index (χ0v) is 18.8. The fraction of sp³-hybridized carbons (Fsp3) is 0.364. The molecule has 3 N–H and O–H groups in total. The van der Waals surface area contributed by atoms with Gasteiger partial charge in [-0.1, -0.05) is 6.08 Å². The smallest absolute Gasteiger partial charge is 0.337 e. The lowest BCUT2D eigenvalue weighted by atomic mass is 9.71. The van der Waals surface area contributed by atoms with Gasteiger partial charge in [-0.25, -0.2) is 15.1 Å². The van der Waals surface area contributed by atoms with Gasteiger partial charge in [-0.15, -0.1) is 0 Å². The molecule has 1 aliphatic carbocycles. The number of carbonyl (C=O) groups excluding carboxylic acids is 2. The Morgan fingerprint density at radius 3 is 2.83 bits per heavy atom. The summed E-state index contributed by atoms with van der Waals surface area (Å²) in [6, 6.07) is 3.64. The van der Waals surface area contributed by atoms with E-state index >= 15 is 0 Å². The molecule has 2 unspecified atom stereocenters. The highest BCUT2D eigenvalue weighted by molar-refractivity contribution is 9.10. The van der Waals surface area contributed by atoms with Crippen molar-refractivity contribution >= 4 is 33.4 Å². The van der Waals surface area contributed by atoms with Crippen LogP contribution in [-0.4, -0.2) is 21.5 Å². The SMILES string of the molecule is CCn1cc(C2C(C(=O)Nc3ccc(Br)c[nH+]3)=C(C)NC3=CCCC(=O)C32)c(C)n1. The lowest BCUT2D eigenvalue weighted by Gasteiger charge is -2.37. The topological polar surface area (TPSA) is 90.2 Å². The van der Waals surface area contributed by atoms with E-state index in [4.69, 9.17) is 0 Å². The van der Waals surface area contributed by atoms with Gasteiger partial charge in [0.1, 0.15) is 12.0 Å². The highest BCUT2D eigenvalue weighted by atomic mass is 79.9. The van der Waals surface area contributed by atoms with Gasteiger partial charge in [-0.3, -0.25) is 9.48 Å². The number of allylic oxidation sites excluding steroid dienone is 3. The second-order valence-electron chi connectivity index (χ2n) is 7.68. The summed E-state index contributed by atoms with van der Waals surface area (Å²) in [6.07, 6.45) is 7.02. The maximum Gasteiger partial charge on any atom is 0.337 e. The normalized spacial score (nSPS) is 21.1. The first-order valence-electron chi connectivity index (χ1n) is 10.1. The Balaban J connectivity index is 1.80. The molecule has 4 rings (SSSR count). The van der Waals surface area contributed by atoms with Gasteiger partial charge in [0.15, 0.2) is 0 Å². The van der Waals surface area contributed by atoms with Crippen molar-refractivity contribution in [3.63, 3.8) is 0 Å². The van der Waals surface area contributed by atoms with Crippen LogP contribution in [0.25, 0.3) is 0 Å². The van der Waals surface area contributed by atoms with Gasteiger partial charge in [-0.2, -0.15) is 5.10 Å². The van der Waals surface area contributed by atoms with Crippen LogP contribution in [0.1, 0.15) is 43.9 Å². The van der Waals surface area contributed by atoms with Crippen molar-refractivity contribution in [1.82, 2.24) is 15.1 Å². The minimum Gasteiger partial charge on any atom is -0.362 e. The van der Waals surface area contributed by atoms with Gasteiger partial charge in [0.25, 0.3) is 5.82 Å². The summed E-state index contributed by atoms with van der Waals surface area (Å²) in [5.41, 5.74) is 3.99. The Morgan fingerprint density at radius 2 is 2.17 bits per heavy atom. The van der Waals surface area contributed by atoms with E-state index in [2.05, 4.69) is 42.7 Å². The number of halogens is 1. The number of ketones is 1. The van der Waals surface area contributed by atoms with E-state index in [-0.39, 0.29) is 17.6 Å². The molecule has 7 nitrogen and oxygen atoms in total. The molecule has 0 radical (unpaired) electrons. The molecule has 3 heterocycles. The summed E-state index contributed by atoms with van der Waals surface area (Å²) in [5, 5.41) is 10.9. The zero-order valence-electron chi connectivity index (χ0n) is 17.3. The molecule has 0 saturated heterocycles. The van der Waals surface area contributed by atoms with Gasteiger partial charge in [0.2, 0.25) is 0 Å². The third-order valence-electron chi connectivity index (χ3n) is 5.73. The molecule has 0 saturated carbocycles. The van der Waals surface area contributed by atoms with Crippen LogP contribution in [0.3, 0.4) is 0 Å². The number of hydrogen-bond acceptors (Lipinski definition) is 4. The molecular weight excluding hydrogens is 446 g/mol. The zero-order chi connectivity index (χ0) is 21.4. The number of aromatic nitrogens is 3. The van der Waals surface area contributed by atoms with Crippen LogP contribution >= 0.6 is 15.9 Å². The molecule has 2 atom stereocenters. The number of Topliss-reactive ketones (excluding diaryl/α,β-unsaturated/α-hetero) is 1. The van der Waals surface area contributed by atoms with Crippen molar-refractivity contribution in [1.29, 1.82) is 0 Å². The molecule has 0 spiro atoms. The first kappa shape index (κ1) is 20.5. The van der Waals surface area contributed by atoms with Gasteiger partial charge < -0.3 is 5.32 Å². The quantitative estimate of drug-likeness (QED) is 0.717. The highest BCUT2D eigenvalue weighted by Crippen LogP contribution is 2.44. The lowest BCUT2D eigenvalue weighted by molar-refractivity contribution is -0.361. The number of amides is 1. The van der Waals surface area contributed by atoms with E-state index in [1.807, 2.05) is 37.7 Å². The number of hydrogen-bond donors (Lipinski definition) is 2. The van der Waals surface area contributed by atoms with Gasteiger partial charge >= 0.3 is 5.91 Å². The van der Waals surface area contributed by atoms with Crippen molar-refractivity contribution < 1.29 is 14.6 Å². The predicted molar refractivity (Wildman–Crippen MR) is 116 cm³/mol. The summed E-state index contributed by atoms with van der Waals surface area (Å²) in [5.74, 6) is -0.266. The van der Waals surface area contributed by atoms with E-state index in [9.17, 15) is 9.59 Å². The average molecular weight is 471 g/mol. The van der Waals surface area contributed by atoms with Crippen LogP contribution in [0.4, 0.5) is 5.82 Å². The molecule has 2 aromatic heterocycles. The standard InChI is InChI=1S/C22H24BrN5O2/c1-4-28-11-15(12(2)27-28)20-19(22(30)26-18-9-8-14(23)10-24-18)13(3)25-16-6-5-7-17(29)21(16)20/h6,8-11,20-21,25H,4-5,7H2,1-3H3,(H,24,26,30)/p+1. The number of aryl methyl sites for hydroxylation is 2. The molecule has 1 amide bonds. The Hall–Kier alpha value is -2.74. The van der Waals surface area contributed by atoms with Crippen molar-refractivity contribution in [3.8, 4) is 0 Å². The minimum atomic E-state index is -0.398. The molecule has 2 aromatic rings. The number of nitrogens with one attached hydrogen (secondary N) is 3. The van der Waals surface area contributed by atoms with Gasteiger partial charge in [0.05, 0.1) is 21.7 Å². The maximum absolute atomic E-state index is 13.4. The van der Waals surface area contributed by atoms with Crippen LogP contribution in [0.2, 0.25) is 0 Å². The van der Waals surface area contributed by atoms with Crippen LogP contribution < -0.4 is 15.6 Å². The number of carbonyl (C=O) groups is 2. The number of pyridine rings is 1. The fourth-order valence-electron chi connectivity index (χ4n) is 4.32. The third-order valence-corrected chi connectivity index (χ3v) is 6.22. The van der Waals surface area contributed by atoms with Gasteiger partial charge in [0, 0.05) is 48.1 Å². The van der Waals surface area contributed by atoms with Crippen molar-refractivity contribution in [3.05, 3.63) is 63.3 Å². The van der Waals surface area contributed by atoms with E-state index in [1.165, 1.54) is 0 Å². The predicted octanol–water partition coefficient (Wildman–Crippen LogP) is 3.25. The summed E-state index contributed by atoms with van der Waals surface area (Å²) in [7, 11) is 0. The highest BCUT2D eigenvalue weighted by Gasteiger charge is 2.45. The molecule has 30 heavy (non-hydrogen) atoms.